The molecule has 0 radical (unpaired) electrons. The largest absolute Gasteiger partial charge is 0.182 e. The second-order valence-corrected chi connectivity index (χ2v) is 8.12. The van der Waals surface area contributed by atoms with Gasteiger partial charge in [-0.2, -0.15) is 14.0 Å². The highest BCUT2D eigenvalue weighted by Crippen LogP contribution is 2.41. The number of hydrogen-bond donors (Lipinski definition) is 0. The van der Waals surface area contributed by atoms with Crippen LogP contribution in [-0.2, 0) is 3.74 Å². The second kappa shape index (κ2) is 6.38. The molecule has 25 heavy (non-hydrogen) atoms. The van der Waals surface area contributed by atoms with E-state index in [4.69, 9.17) is 3.74 Å². The van der Waals surface area contributed by atoms with Gasteiger partial charge in [0.15, 0.2) is 0 Å². The van der Waals surface area contributed by atoms with Crippen molar-refractivity contribution in [3.63, 3.8) is 0 Å². The summed E-state index contributed by atoms with van der Waals surface area (Å²) in [7, 11) is -5.83. The zero-order valence-electron chi connectivity index (χ0n) is 12.9. The maximum atomic E-state index is 11.3. The van der Waals surface area contributed by atoms with Crippen molar-refractivity contribution in [2.24, 2.45) is 0 Å². The highest BCUT2D eigenvalue weighted by Gasteiger charge is 2.29. The fraction of sp³-hybridized carbons (Fsp3) is 0. The van der Waals surface area contributed by atoms with E-state index in [2.05, 4.69) is 0 Å². The molecular weight excluding hydrogens is 360 g/mol. The molecule has 1 heterocycles. The summed E-state index contributed by atoms with van der Waals surface area (Å²) in [5.74, 6) is 0. The Balaban J connectivity index is 2.16. The average Bonchev–Trinajstić information content (AvgIpc) is 2.61. The van der Waals surface area contributed by atoms with Crippen LogP contribution in [0.15, 0.2) is 83.8 Å². The summed E-state index contributed by atoms with van der Waals surface area (Å²) >= 11 is 0. The van der Waals surface area contributed by atoms with Crippen LogP contribution in [0, 0.1) is 14.8 Å². The quantitative estimate of drug-likeness (QED) is 0.632. The molecule has 0 amide bonds. The minimum absolute atomic E-state index is 0.687. The van der Waals surface area contributed by atoms with Gasteiger partial charge < -0.3 is 0 Å². The summed E-state index contributed by atoms with van der Waals surface area (Å²) < 4.78 is 39.4. The molecule has 1 aliphatic heterocycles. The van der Waals surface area contributed by atoms with Crippen LogP contribution in [0.3, 0.4) is 0 Å². The second-order valence-electron chi connectivity index (χ2n) is 5.44. The van der Waals surface area contributed by atoms with Gasteiger partial charge in [0.1, 0.15) is 14.5 Å². The fourth-order valence-electron chi connectivity index (χ4n) is 2.99. The van der Waals surface area contributed by atoms with E-state index in [9.17, 15) is 14.0 Å². The van der Waals surface area contributed by atoms with Crippen LogP contribution in [0.5, 0.6) is 0 Å². The third-order valence-electron chi connectivity index (χ3n) is 3.91. The third kappa shape index (κ3) is 3.14. The maximum absolute atomic E-state index is 11.3. The lowest BCUT2D eigenvalue weighted by Crippen LogP contribution is -2.60. The first-order valence-electron chi connectivity index (χ1n) is 7.51. The van der Waals surface area contributed by atoms with Gasteiger partial charge in [-0.15, -0.1) is 0 Å². The van der Waals surface area contributed by atoms with E-state index in [1.54, 1.807) is 12.1 Å². The lowest BCUT2D eigenvalue weighted by Gasteiger charge is -2.20. The molecule has 0 aromatic heterocycles. The third-order valence-corrected chi connectivity index (χ3v) is 6.55. The Hall–Kier alpha value is -1.99. The number of halogens is 1. The van der Waals surface area contributed by atoms with Crippen molar-refractivity contribution in [1.82, 2.24) is 0 Å². The minimum atomic E-state index is -4.54. The van der Waals surface area contributed by atoms with E-state index in [1.165, 1.54) is 0 Å². The van der Waals surface area contributed by atoms with Crippen LogP contribution in [0.1, 0.15) is 11.1 Å². The first-order valence-corrected chi connectivity index (χ1v) is 9.89. The number of hydrogen-bond acceptors (Lipinski definition) is 4. The van der Waals surface area contributed by atoms with Gasteiger partial charge in [-0.05, 0) is 34.1 Å². The smallest absolute Gasteiger partial charge is 0.148 e. The van der Waals surface area contributed by atoms with Gasteiger partial charge in [-0.1, -0.05) is 66.7 Å². The number of fused-ring (bicyclic) bond motifs is 2. The molecule has 1 unspecified atom stereocenters. The minimum Gasteiger partial charge on any atom is -0.182 e. The van der Waals surface area contributed by atoms with Crippen LogP contribution in [0.25, 0.3) is 5.57 Å². The molecule has 0 aliphatic carbocycles. The van der Waals surface area contributed by atoms with Crippen molar-refractivity contribution in [2.45, 2.75) is 4.90 Å². The molecule has 4 rings (SSSR count). The van der Waals surface area contributed by atoms with Crippen molar-refractivity contribution in [2.75, 3.05) is 0 Å². The molecule has 4 nitrogen and oxygen atoms in total. The zero-order chi connectivity index (χ0) is 17.4. The summed E-state index contributed by atoms with van der Waals surface area (Å²) in [5, 5.41) is 0.870. The lowest BCUT2D eigenvalue weighted by molar-refractivity contribution is -1.91. The van der Waals surface area contributed by atoms with Gasteiger partial charge >= 0.3 is 0 Å². The predicted octanol–water partition coefficient (Wildman–Crippen LogP) is 0.655. The van der Waals surface area contributed by atoms with Crippen LogP contribution in [0.4, 0.5) is 0 Å². The van der Waals surface area contributed by atoms with Gasteiger partial charge in [0.2, 0.25) is 0 Å². The SMILES string of the molecule is [O-][Cl+3]([O-])([O-])OS1=c2ccccc2=C(c2ccccc2)c2ccccc21. The van der Waals surface area contributed by atoms with Crippen LogP contribution >= 0.6 is 10.8 Å². The zero-order valence-corrected chi connectivity index (χ0v) is 14.5. The fourth-order valence-corrected chi connectivity index (χ4v) is 5.54. The Morgan fingerprint density at radius 1 is 0.720 bits per heavy atom. The Morgan fingerprint density at radius 3 is 2.12 bits per heavy atom. The number of benzene rings is 3. The Labute approximate surface area is 149 Å². The summed E-state index contributed by atoms with van der Waals surface area (Å²) in [4.78, 5) is 0.687. The molecule has 1 atom stereocenters. The van der Waals surface area contributed by atoms with Crippen molar-refractivity contribution in [3.8, 4) is 0 Å². The monoisotopic (exact) mass is 372 g/mol. The molecule has 0 saturated heterocycles. The Bertz CT molecular complexity index is 1060. The Morgan fingerprint density at radius 2 is 1.36 bits per heavy atom. The van der Waals surface area contributed by atoms with Gasteiger partial charge in [0, 0.05) is 0 Å². The Kier molecular flexibility index (Phi) is 4.21. The summed E-state index contributed by atoms with van der Waals surface area (Å²) in [5.41, 5.74) is 2.89. The van der Waals surface area contributed by atoms with Crippen LogP contribution < -0.4 is 19.2 Å². The summed E-state index contributed by atoms with van der Waals surface area (Å²) in [6.45, 7) is 0. The topological polar surface area (TPSA) is 78.4 Å². The van der Waals surface area contributed by atoms with Gasteiger partial charge in [-0.3, -0.25) is 0 Å². The summed E-state index contributed by atoms with van der Waals surface area (Å²) in [6, 6.07) is 24.7. The predicted molar refractivity (Wildman–Crippen MR) is 86.3 cm³/mol. The first kappa shape index (κ1) is 16.5. The van der Waals surface area contributed by atoms with E-state index in [0.29, 0.717) is 9.41 Å². The van der Waals surface area contributed by atoms with E-state index < -0.39 is 21.0 Å². The van der Waals surface area contributed by atoms with Crippen molar-refractivity contribution in [1.29, 1.82) is 0 Å². The molecule has 0 saturated carbocycles. The number of rotatable bonds is 3. The van der Waals surface area contributed by atoms with E-state index in [0.717, 1.165) is 21.9 Å². The average molecular weight is 373 g/mol. The van der Waals surface area contributed by atoms with Crippen molar-refractivity contribution in [3.05, 3.63) is 99.7 Å². The highest BCUT2D eigenvalue weighted by atomic mass is 35.7. The van der Waals surface area contributed by atoms with Gasteiger partial charge in [-0.25, -0.2) is 0 Å². The molecule has 1 aliphatic rings. The molecule has 3 aromatic carbocycles. The lowest BCUT2D eigenvalue weighted by atomic mass is 9.95. The molecular formula is C19H13ClO4S. The van der Waals surface area contributed by atoms with E-state index in [1.807, 2.05) is 66.7 Å². The molecule has 0 bridgehead atoms. The molecule has 126 valence electrons. The first-order chi connectivity index (χ1) is 12.0. The summed E-state index contributed by atoms with van der Waals surface area (Å²) in [6.07, 6.45) is 0. The highest BCUT2D eigenvalue weighted by molar-refractivity contribution is 8.05. The van der Waals surface area contributed by atoms with Crippen molar-refractivity contribution >= 4 is 16.3 Å². The van der Waals surface area contributed by atoms with E-state index in [-0.39, 0.29) is 0 Å². The molecule has 6 heteroatoms. The normalized spacial score (nSPS) is 16.3. The van der Waals surface area contributed by atoms with Gasteiger partial charge in [0.05, 0.1) is 19.6 Å². The van der Waals surface area contributed by atoms with E-state index >= 15 is 0 Å². The molecule has 0 fully saturated rings. The van der Waals surface area contributed by atoms with Crippen molar-refractivity contribution < 1.29 is 28.0 Å². The molecule has 0 spiro atoms. The maximum Gasteiger partial charge on any atom is 0.148 e. The van der Waals surface area contributed by atoms with Crippen LogP contribution in [-0.4, -0.2) is 0 Å². The van der Waals surface area contributed by atoms with Crippen LogP contribution in [0.2, 0.25) is 0 Å². The molecule has 0 N–H and O–H groups in total. The van der Waals surface area contributed by atoms with Gasteiger partial charge in [0.25, 0.3) is 0 Å². The standard InChI is InChI=1S/C19H13ClO4S/c21-20(22,23)24-25-17-12-6-4-10-15(17)19(14-8-2-1-3-9-14)16-11-5-7-13-18(16)25/h1-13H. The molecule has 3 aromatic rings.